The van der Waals surface area contributed by atoms with Crippen molar-refractivity contribution in [3.63, 3.8) is 0 Å². The van der Waals surface area contributed by atoms with Crippen LogP contribution in [0.25, 0.3) is 0 Å². The number of halogens is 3. The number of alkyl halides is 3. The first-order valence-electron chi connectivity index (χ1n) is 9.89. The highest BCUT2D eigenvalue weighted by atomic mass is 32.2. The number of carbonyl (C=O) groups excluding carboxylic acids is 2. The lowest BCUT2D eigenvalue weighted by molar-refractivity contribution is -0.137. The third kappa shape index (κ3) is 4.96. The Labute approximate surface area is 187 Å². The minimum absolute atomic E-state index is 0.0900. The summed E-state index contributed by atoms with van der Waals surface area (Å²) in [6.07, 6.45) is -4.23. The van der Waals surface area contributed by atoms with Gasteiger partial charge in [-0.25, -0.2) is 0 Å². The van der Waals surface area contributed by atoms with Crippen LogP contribution in [0, 0.1) is 0 Å². The van der Waals surface area contributed by atoms with Gasteiger partial charge in [-0.1, -0.05) is 42.5 Å². The van der Waals surface area contributed by atoms with Gasteiger partial charge in [0.05, 0.1) is 11.3 Å². The molecule has 0 spiro atoms. The molecule has 164 valence electrons. The van der Waals surface area contributed by atoms with Crippen molar-refractivity contribution in [3.05, 3.63) is 90.0 Å². The molecule has 3 aromatic rings. The van der Waals surface area contributed by atoms with Crippen LogP contribution < -0.4 is 10.2 Å². The summed E-state index contributed by atoms with van der Waals surface area (Å²) in [5.74, 6) is -0.685. The third-order valence-corrected chi connectivity index (χ3v) is 6.38. The number of hydrogen-bond donors (Lipinski definition) is 1. The molecule has 2 amide bonds. The monoisotopic (exact) mass is 456 g/mol. The van der Waals surface area contributed by atoms with E-state index in [1.807, 2.05) is 42.5 Å². The van der Waals surface area contributed by atoms with Crippen molar-refractivity contribution in [1.29, 1.82) is 0 Å². The van der Waals surface area contributed by atoms with Crippen molar-refractivity contribution in [2.24, 2.45) is 0 Å². The summed E-state index contributed by atoms with van der Waals surface area (Å²) in [6.45, 7) is -0.237. The molecular formula is C24H19F3N2O2S. The molecule has 8 heteroatoms. The second-order valence-corrected chi connectivity index (χ2v) is 8.54. The van der Waals surface area contributed by atoms with Crippen LogP contribution in [-0.4, -0.2) is 18.4 Å². The fourth-order valence-corrected chi connectivity index (χ4v) is 4.77. The molecule has 3 aromatic carbocycles. The van der Waals surface area contributed by atoms with E-state index in [1.54, 1.807) is 23.9 Å². The van der Waals surface area contributed by atoms with Gasteiger partial charge in [-0.15, -0.1) is 11.8 Å². The van der Waals surface area contributed by atoms with Crippen LogP contribution in [0.1, 0.15) is 22.8 Å². The van der Waals surface area contributed by atoms with E-state index < -0.39 is 17.6 Å². The number of fused-ring (bicyclic) bond motifs is 1. The molecule has 0 aromatic heterocycles. The number of hydrogen-bond acceptors (Lipinski definition) is 3. The summed E-state index contributed by atoms with van der Waals surface area (Å²) in [6, 6.07) is 21.3. The van der Waals surface area contributed by atoms with Gasteiger partial charge in [-0.3, -0.25) is 9.59 Å². The summed E-state index contributed by atoms with van der Waals surface area (Å²) in [4.78, 5) is 28.1. The molecule has 1 aliphatic rings. The van der Waals surface area contributed by atoms with E-state index in [1.165, 1.54) is 17.0 Å². The summed E-state index contributed by atoms with van der Waals surface area (Å²) < 4.78 is 38.2. The number of rotatable bonds is 4. The Morgan fingerprint density at radius 3 is 2.31 bits per heavy atom. The van der Waals surface area contributed by atoms with E-state index in [9.17, 15) is 22.8 Å². The Morgan fingerprint density at radius 2 is 1.62 bits per heavy atom. The Bertz CT molecular complexity index is 1120. The van der Waals surface area contributed by atoms with Gasteiger partial charge in [0.15, 0.2) is 0 Å². The topological polar surface area (TPSA) is 49.4 Å². The number of thioether (sulfide) groups is 1. The summed E-state index contributed by atoms with van der Waals surface area (Å²) >= 11 is 1.57. The van der Waals surface area contributed by atoms with Gasteiger partial charge in [0.25, 0.3) is 0 Å². The Morgan fingerprint density at radius 1 is 0.969 bits per heavy atom. The summed E-state index contributed by atoms with van der Waals surface area (Å²) in [7, 11) is 0. The number of nitrogens with zero attached hydrogens (tertiary/aromatic N) is 1. The molecule has 4 nitrogen and oxygen atoms in total. The highest BCUT2D eigenvalue weighted by Gasteiger charge is 2.31. The molecule has 1 N–H and O–H groups in total. The minimum atomic E-state index is -4.45. The standard InChI is InChI=1S/C24H19F3N2O2S/c25-24(26,27)17-10-12-18(13-11-17)28-22(30)15-29-19-8-4-5-9-20(19)32-21(14-23(29)31)16-6-2-1-3-7-16/h1-13,21H,14-15H2,(H,28,30)/t21-/m0/s1. The molecule has 1 heterocycles. The van der Waals surface area contributed by atoms with Gasteiger partial charge in [-0.2, -0.15) is 13.2 Å². The van der Waals surface area contributed by atoms with Gasteiger partial charge < -0.3 is 10.2 Å². The first kappa shape index (κ1) is 22.0. The molecule has 4 rings (SSSR count). The molecule has 0 radical (unpaired) electrons. The van der Waals surface area contributed by atoms with E-state index in [2.05, 4.69) is 5.32 Å². The van der Waals surface area contributed by atoms with Gasteiger partial charge in [0.2, 0.25) is 11.8 Å². The number of nitrogens with one attached hydrogen (secondary N) is 1. The van der Waals surface area contributed by atoms with Crippen molar-refractivity contribution >= 4 is 35.0 Å². The smallest absolute Gasteiger partial charge is 0.325 e. The SMILES string of the molecule is O=C(CN1C(=O)C[C@@H](c2ccccc2)Sc2ccccc21)Nc1ccc(C(F)(F)F)cc1. The lowest BCUT2D eigenvalue weighted by Gasteiger charge is -2.22. The van der Waals surface area contributed by atoms with Gasteiger partial charge in [0.1, 0.15) is 6.54 Å². The zero-order valence-electron chi connectivity index (χ0n) is 16.8. The zero-order chi connectivity index (χ0) is 22.7. The molecule has 1 aliphatic heterocycles. The van der Waals surface area contributed by atoms with Crippen molar-refractivity contribution in [3.8, 4) is 0 Å². The average Bonchev–Trinajstić information content (AvgIpc) is 2.91. The molecule has 0 unspecified atom stereocenters. The van der Waals surface area contributed by atoms with Gasteiger partial charge in [0, 0.05) is 22.3 Å². The maximum absolute atomic E-state index is 13.1. The molecule has 0 saturated carbocycles. The fraction of sp³-hybridized carbons (Fsp3) is 0.167. The van der Waals surface area contributed by atoms with E-state index in [0.29, 0.717) is 5.69 Å². The van der Waals surface area contributed by atoms with Crippen molar-refractivity contribution in [1.82, 2.24) is 0 Å². The van der Waals surface area contributed by atoms with Crippen LogP contribution in [0.15, 0.2) is 83.8 Å². The quantitative estimate of drug-likeness (QED) is 0.531. The van der Waals surface area contributed by atoms with Crippen LogP contribution in [0.2, 0.25) is 0 Å². The number of anilines is 2. The van der Waals surface area contributed by atoms with Crippen LogP contribution in [0.3, 0.4) is 0 Å². The lowest BCUT2D eigenvalue weighted by atomic mass is 10.1. The van der Waals surface area contributed by atoms with Gasteiger partial charge in [-0.05, 0) is 42.0 Å². The highest BCUT2D eigenvalue weighted by molar-refractivity contribution is 7.99. The molecule has 0 aliphatic carbocycles. The van der Waals surface area contributed by atoms with Crippen molar-refractivity contribution in [2.75, 3.05) is 16.8 Å². The fourth-order valence-electron chi connectivity index (χ4n) is 3.49. The number of benzene rings is 3. The molecule has 32 heavy (non-hydrogen) atoms. The largest absolute Gasteiger partial charge is 0.416 e. The summed E-state index contributed by atoms with van der Waals surface area (Å²) in [5, 5.41) is 2.49. The maximum atomic E-state index is 13.1. The first-order chi connectivity index (χ1) is 15.3. The van der Waals surface area contributed by atoms with E-state index in [-0.39, 0.29) is 29.8 Å². The average molecular weight is 456 g/mol. The van der Waals surface area contributed by atoms with Gasteiger partial charge >= 0.3 is 6.18 Å². The summed E-state index contributed by atoms with van der Waals surface area (Å²) in [5.41, 5.74) is 1.10. The predicted molar refractivity (Wildman–Crippen MR) is 119 cm³/mol. The van der Waals surface area contributed by atoms with E-state index >= 15 is 0 Å². The molecular weight excluding hydrogens is 437 g/mol. The van der Waals surface area contributed by atoms with Crippen molar-refractivity contribution < 1.29 is 22.8 Å². The number of para-hydroxylation sites is 1. The molecule has 0 bridgehead atoms. The second-order valence-electron chi connectivity index (χ2n) is 7.29. The predicted octanol–water partition coefficient (Wildman–Crippen LogP) is 5.91. The third-order valence-electron chi connectivity index (χ3n) is 5.06. The van der Waals surface area contributed by atoms with Crippen molar-refractivity contribution in [2.45, 2.75) is 22.7 Å². The number of amides is 2. The Balaban J connectivity index is 1.53. The number of carbonyl (C=O) groups is 2. The lowest BCUT2D eigenvalue weighted by Crippen LogP contribution is -2.38. The Hall–Kier alpha value is -3.26. The molecule has 1 atom stereocenters. The Kier molecular flexibility index (Phi) is 6.23. The van der Waals surface area contributed by atoms with Crippen LogP contribution >= 0.6 is 11.8 Å². The highest BCUT2D eigenvalue weighted by Crippen LogP contribution is 2.45. The normalized spacial score (nSPS) is 16.3. The minimum Gasteiger partial charge on any atom is -0.325 e. The first-order valence-corrected chi connectivity index (χ1v) is 10.8. The van der Waals surface area contributed by atoms with E-state index in [4.69, 9.17) is 0 Å². The van der Waals surface area contributed by atoms with Crippen LogP contribution in [0.4, 0.5) is 24.5 Å². The maximum Gasteiger partial charge on any atom is 0.416 e. The van der Waals surface area contributed by atoms with Crippen LogP contribution in [-0.2, 0) is 15.8 Å². The second kappa shape index (κ2) is 9.08. The zero-order valence-corrected chi connectivity index (χ0v) is 17.6. The van der Waals surface area contributed by atoms with E-state index in [0.717, 1.165) is 22.6 Å². The molecule has 0 fully saturated rings. The van der Waals surface area contributed by atoms with Crippen LogP contribution in [0.5, 0.6) is 0 Å². The molecule has 0 saturated heterocycles.